The van der Waals surface area contributed by atoms with Gasteiger partial charge in [0.2, 0.25) is 0 Å². The summed E-state index contributed by atoms with van der Waals surface area (Å²) in [6.45, 7) is 2.91. The summed E-state index contributed by atoms with van der Waals surface area (Å²) in [6.07, 6.45) is 1.45. The SMILES string of the molecule is Cn1ncc(NC(=O)c2nc(-c3c(F)cccc3F)sc2N)c1N1CCNC[C@@](C)(F)C1. The minimum atomic E-state index is -1.47. The van der Waals surface area contributed by atoms with Crippen LogP contribution in [-0.4, -0.2) is 52.5 Å². The van der Waals surface area contributed by atoms with Gasteiger partial charge in [-0.1, -0.05) is 17.4 Å². The number of thiazole rings is 1. The summed E-state index contributed by atoms with van der Waals surface area (Å²) in [5.74, 6) is -1.74. The van der Waals surface area contributed by atoms with Crippen molar-refractivity contribution in [3.8, 4) is 10.6 Å². The lowest BCUT2D eigenvalue weighted by Gasteiger charge is -2.28. The molecule has 0 bridgehead atoms. The molecular formula is C20H22F3N7OS. The van der Waals surface area contributed by atoms with E-state index in [9.17, 15) is 18.0 Å². The average molecular weight is 466 g/mol. The minimum Gasteiger partial charge on any atom is -0.389 e. The Balaban J connectivity index is 1.62. The largest absolute Gasteiger partial charge is 0.389 e. The normalized spacial score (nSPS) is 19.1. The van der Waals surface area contributed by atoms with Gasteiger partial charge in [-0.3, -0.25) is 9.48 Å². The van der Waals surface area contributed by atoms with Crippen molar-refractivity contribution in [1.82, 2.24) is 20.1 Å². The number of hydrogen-bond donors (Lipinski definition) is 3. The zero-order valence-corrected chi connectivity index (χ0v) is 18.3. The Hall–Kier alpha value is -3.12. The number of carbonyl (C=O) groups is 1. The molecule has 0 spiro atoms. The number of nitrogens with two attached hydrogens (primary N) is 1. The van der Waals surface area contributed by atoms with Crippen LogP contribution in [0.25, 0.3) is 10.6 Å². The molecule has 0 radical (unpaired) electrons. The fraction of sp³-hybridized carbons (Fsp3) is 0.350. The molecule has 12 heteroatoms. The predicted molar refractivity (Wildman–Crippen MR) is 118 cm³/mol. The number of aryl methyl sites for hydroxylation is 1. The molecule has 1 amide bonds. The zero-order valence-electron chi connectivity index (χ0n) is 17.5. The van der Waals surface area contributed by atoms with Crippen LogP contribution in [0.15, 0.2) is 24.4 Å². The molecule has 3 heterocycles. The van der Waals surface area contributed by atoms with Gasteiger partial charge in [-0.25, -0.2) is 18.2 Å². The van der Waals surface area contributed by atoms with Crippen LogP contribution in [0.5, 0.6) is 0 Å². The van der Waals surface area contributed by atoms with Gasteiger partial charge >= 0.3 is 0 Å². The molecule has 1 aromatic carbocycles. The number of halogens is 3. The Morgan fingerprint density at radius 1 is 1.34 bits per heavy atom. The fourth-order valence-corrected chi connectivity index (χ4v) is 4.53. The smallest absolute Gasteiger partial charge is 0.277 e. The van der Waals surface area contributed by atoms with E-state index in [4.69, 9.17) is 5.73 Å². The van der Waals surface area contributed by atoms with Crippen molar-refractivity contribution < 1.29 is 18.0 Å². The first-order chi connectivity index (χ1) is 15.2. The third-order valence-corrected chi connectivity index (χ3v) is 5.97. The molecule has 1 aliphatic heterocycles. The number of amides is 1. The van der Waals surface area contributed by atoms with Crippen LogP contribution in [0.3, 0.4) is 0 Å². The maximum Gasteiger partial charge on any atom is 0.277 e. The number of nitrogen functional groups attached to an aromatic ring is 1. The number of anilines is 3. The van der Waals surface area contributed by atoms with Crippen LogP contribution in [0.1, 0.15) is 17.4 Å². The summed E-state index contributed by atoms with van der Waals surface area (Å²) in [4.78, 5) is 18.8. The van der Waals surface area contributed by atoms with Gasteiger partial charge in [-0.2, -0.15) is 5.10 Å². The van der Waals surface area contributed by atoms with Crippen molar-refractivity contribution in [1.29, 1.82) is 0 Å². The summed E-state index contributed by atoms with van der Waals surface area (Å²) in [5, 5.41) is 9.91. The zero-order chi connectivity index (χ0) is 23.0. The molecule has 1 aliphatic rings. The Labute approximate surface area is 186 Å². The Kier molecular flexibility index (Phi) is 5.82. The van der Waals surface area contributed by atoms with Gasteiger partial charge in [0.25, 0.3) is 5.91 Å². The number of nitrogens with one attached hydrogen (secondary N) is 2. The average Bonchev–Trinajstić information content (AvgIpc) is 3.20. The summed E-state index contributed by atoms with van der Waals surface area (Å²) < 4.78 is 44.5. The lowest BCUT2D eigenvalue weighted by molar-refractivity contribution is 0.102. The first-order valence-corrected chi connectivity index (χ1v) is 10.7. The van der Waals surface area contributed by atoms with E-state index in [1.807, 2.05) is 0 Å². The minimum absolute atomic E-state index is 0.0147. The molecule has 1 atom stereocenters. The Bertz CT molecular complexity index is 1140. The fourth-order valence-electron chi connectivity index (χ4n) is 3.66. The van der Waals surface area contributed by atoms with Crippen molar-refractivity contribution in [3.63, 3.8) is 0 Å². The summed E-state index contributed by atoms with van der Waals surface area (Å²) in [5.41, 5.74) is 4.31. The molecule has 0 aliphatic carbocycles. The lowest BCUT2D eigenvalue weighted by Crippen LogP contribution is -2.40. The van der Waals surface area contributed by atoms with Gasteiger partial charge in [-0.05, 0) is 19.1 Å². The van der Waals surface area contributed by atoms with Gasteiger partial charge in [0.1, 0.15) is 33.0 Å². The summed E-state index contributed by atoms with van der Waals surface area (Å²) in [7, 11) is 1.69. The van der Waals surface area contributed by atoms with Crippen molar-refractivity contribution in [2.75, 3.05) is 42.1 Å². The number of alkyl halides is 1. The van der Waals surface area contributed by atoms with Gasteiger partial charge < -0.3 is 21.3 Å². The maximum absolute atomic E-state index is 14.7. The topological polar surface area (TPSA) is 101 Å². The van der Waals surface area contributed by atoms with Crippen LogP contribution in [0.2, 0.25) is 0 Å². The third-order valence-electron chi connectivity index (χ3n) is 5.07. The monoisotopic (exact) mass is 465 g/mol. The number of nitrogens with zero attached hydrogens (tertiary/aromatic N) is 4. The van der Waals surface area contributed by atoms with Crippen LogP contribution in [0, 0.1) is 11.6 Å². The number of hydrogen-bond acceptors (Lipinski definition) is 7. The second-order valence-electron chi connectivity index (χ2n) is 7.80. The molecule has 0 saturated carbocycles. The molecule has 2 aromatic heterocycles. The highest BCUT2D eigenvalue weighted by Gasteiger charge is 2.32. The number of carbonyl (C=O) groups excluding carboxylic acids is 1. The molecule has 3 aromatic rings. The first kappa shape index (κ1) is 22.1. The lowest BCUT2D eigenvalue weighted by atomic mass is 10.1. The summed E-state index contributed by atoms with van der Waals surface area (Å²) in [6, 6.07) is 3.45. The van der Waals surface area contributed by atoms with E-state index in [0.29, 0.717) is 24.6 Å². The van der Waals surface area contributed by atoms with Gasteiger partial charge in [0.15, 0.2) is 11.5 Å². The molecule has 1 fully saturated rings. The molecule has 170 valence electrons. The van der Waals surface area contributed by atoms with E-state index in [2.05, 4.69) is 20.7 Å². The standard InChI is InChI=1S/C20H22F3N7OS/c1-20(23)9-25-6-7-30(10-20)19-13(8-26-29(19)2)27-17(31)15-16(24)32-18(28-15)14-11(21)4-3-5-12(14)22/h3-5,8,25H,6-7,9-10,24H2,1-2H3,(H,27,31)/t20-/m1/s1. The Morgan fingerprint density at radius 3 is 2.78 bits per heavy atom. The molecule has 32 heavy (non-hydrogen) atoms. The van der Waals surface area contributed by atoms with E-state index in [1.165, 1.54) is 19.2 Å². The van der Waals surface area contributed by atoms with E-state index >= 15 is 0 Å². The van der Waals surface area contributed by atoms with E-state index in [0.717, 1.165) is 23.5 Å². The maximum atomic E-state index is 14.7. The van der Waals surface area contributed by atoms with Crippen LogP contribution < -0.4 is 21.3 Å². The summed E-state index contributed by atoms with van der Waals surface area (Å²) >= 11 is 0.811. The molecule has 4 rings (SSSR count). The quantitative estimate of drug-likeness (QED) is 0.548. The molecular weight excluding hydrogens is 443 g/mol. The van der Waals surface area contributed by atoms with Crippen molar-refractivity contribution in [2.45, 2.75) is 12.6 Å². The van der Waals surface area contributed by atoms with Crippen LogP contribution in [0.4, 0.5) is 29.7 Å². The highest BCUT2D eigenvalue weighted by Crippen LogP contribution is 2.34. The van der Waals surface area contributed by atoms with Crippen LogP contribution in [-0.2, 0) is 7.05 Å². The van der Waals surface area contributed by atoms with Crippen molar-refractivity contribution in [3.05, 3.63) is 41.7 Å². The first-order valence-electron chi connectivity index (χ1n) is 9.85. The van der Waals surface area contributed by atoms with Crippen molar-refractivity contribution >= 4 is 33.8 Å². The van der Waals surface area contributed by atoms with Crippen molar-refractivity contribution in [2.24, 2.45) is 7.05 Å². The second-order valence-corrected chi connectivity index (χ2v) is 8.83. The molecule has 4 N–H and O–H groups in total. The molecule has 1 saturated heterocycles. The number of rotatable bonds is 4. The number of benzene rings is 1. The van der Waals surface area contributed by atoms with Gasteiger partial charge in [0.05, 0.1) is 18.3 Å². The van der Waals surface area contributed by atoms with E-state index < -0.39 is 23.2 Å². The highest BCUT2D eigenvalue weighted by molar-refractivity contribution is 7.19. The van der Waals surface area contributed by atoms with Gasteiger partial charge in [0, 0.05) is 26.7 Å². The number of aromatic nitrogens is 3. The third kappa shape index (κ3) is 4.28. The molecule has 0 unspecified atom stereocenters. The van der Waals surface area contributed by atoms with E-state index in [-0.39, 0.29) is 34.4 Å². The second kappa shape index (κ2) is 8.43. The van der Waals surface area contributed by atoms with Gasteiger partial charge in [-0.15, -0.1) is 0 Å². The molecule has 8 nitrogen and oxygen atoms in total. The van der Waals surface area contributed by atoms with E-state index in [1.54, 1.807) is 16.6 Å². The Morgan fingerprint density at radius 2 is 2.06 bits per heavy atom. The highest BCUT2D eigenvalue weighted by atomic mass is 32.1. The van der Waals surface area contributed by atoms with Crippen LogP contribution >= 0.6 is 11.3 Å². The predicted octanol–water partition coefficient (Wildman–Crippen LogP) is 2.79.